The highest BCUT2D eigenvalue weighted by atomic mass is 16.5. The number of rotatable bonds is 15. The second kappa shape index (κ2) is 15.9. The van der Waals surface area contributed by atoms with Gasteiger partial charge in [0.2, 0.25) is 0 Å². The molecule has 1 amide bonds. The zero-order valence-electron chi connectivity index (χ0n) is 22.2. The molecule has 2 unspecified atom stereocenters. The van der Waals surface area contributed by atoms with Crippen molar-refractivity contribution in [3.63, 3.8) is 0 Å². The SMILES string of the molecule is CC(N[C@H](C)CCCc1ccc(CCCCNC(=O)OCc2ccccc2)cc1)C(O)c1ccccc1. The Kier molecular flexibility index (Phi) is 12.2. The van der Waals surface area contributed by atoms with E-state index < -0.39 is 6.10 Å². The lowest BCUT2D eigenvalue weighted by molar-refractivity contribution is 0.129. The topological polar surface area (TPSA) is 70.6 Å². The van der Waals surface area contributed by atoms with Gasteiger partial charge in [0.25, 0.3) is 0 Å². The Balaban J connectivity index is 1.24. The van der Waals surface area contributed by atoms with Crippen LogP contribution >= 0.6 is 0 Å². The molecule has 37 heavy (non-hydrogen) atoms. The van der Waals surface area contributed by atoms with Crippen LogP contribution in [0.25, 0.3) is 0 Å². The van der Waals surface area contributed by atoms with E-state index in [9.17, 15) is 9.90 Å². The van der Waals surface area contributed by atoms with Crippen LogP contribution in [0.5, 0.6) is 0 Å². The molecular formula is C32H42N2O3. The predicted octanol–water partition coefficient (Wildman–Crippen LogP) is 6.36. The summed E-state index contributed by atoms with van der Waals surface area (Å²) in [5, 5.41) is 16.9. The van der Waals surface area contributed by atoms with Gasteiger partial charge < -0.3 is 20.5 Å². The maximum atomic E-state index is 11.8. The number of carbonyl (C=O) groups is 1. The number of unbranched alkanes of at least 4 members (excludes halogenated alkanes) is 1. The molecule has 0 spiro atoms. The first-order valence-corrected chi connectivity index (χ1v) is 13.5. The molecule has 0 saturated carbocycles. The Morgan fingerprint density at radius 3 is 2.03 bits per heavy atom. The Bertz CT molecular complexity index is 1020. The molecule has 3 aromatic carbocycles. The summed E-state index contributed by atoms with van der Waals surface area (Å²) in [6, 6.07) is 28.8. The van der Waals surface area contributed by atoms with Gasteiger partial charge in [0.1, 0.15) is 6.61 Å². The number of hydrogen-bond acceptors (Lipinski definition) is 4. The van der Waals surface area contributed by atoms with Crippen LogP contribution < -0.4 is 10.6 Å². The summed E-state index contributed by atoms with van der Waals surface area (Å²) in [4.78, 5) is 11.8. The molecular weight excluding hydrogens is 460 g/mol. The van der Waals surface area contributed by atoms with E-state index in [0.29, 0.717) is 19.2 Å². The van der Waals surface area contributed by atoms with Gasteiger partial charge in [-0.15, -0.1) is 0 Å². The highest BCUT2D eigenvalue weighted by molar-refractivity contribution is 5.67. The van der Waals surface area contributed by atoms with Gasteiger partial charge in [-0.2, -0.15) is 0 Å². The zero-order chi connectivity index (χ0) is 26.3. The van der Waals surface area contributed by atoms with Crippen molar-refractivity contribution in [2.45, 2.75) is 77.2 Å². The van der Waals surface area contributed by atoms with Crippen molar-refractivity contribution in [1.29, 1.82) is 0 Å². The van der Waals surface area contributed by atoms with Gasteiger partial charge in [-0.05, 0) is 74.6 Å². The molecule has 0 saturated heterocycles. The van der Waals surface area contributed by atoms with E-state index in [-0.39, 0.29) is 12.1 Å². The van der Waals surface area contributed by atoms with Gasteiger partial charge in [-0.25, -0.2) is 4.79 Å². The minimum atomic E-state index is -0.500. The van der Waals surface area contributed by atoms with E-state index >= 15 is 0 Å². The predicted molar refractivity (Wildman–Crippen MR) is 150 cm³/mol. The molecule has 3 rings (SSSR count). The molecule has 5 nitrogen and oxygen atoms in total. The summed E-state index contributed by atoms with van der Waals surface area (Å²) in [7, 11) is 0. The highest BCUT2D eigenvalue weighted by Crippen LogP contribution is 2.17. The van der Waals surface area contributed by atoms with Crippen molar-refractivity contribution in [2.75, 3.05) is 6.54 Å². The molecule has 0 fully saturated rings. The highest BCUT2D eigenvalue weighted by Gasteiger charge is 2.17. The summed E-state index contributed by atoms with van der Waals surface area (Å²) in [5.74, 6) is 0. The van der Waals surface area contributed by atoms with Gasteiger partial charge >= 0.3 is 6.09 Å². The molecule has 0 aliphatic rings. The quantitative estimate of drug-likeness (QED) is 0.212. The molecule has 0 aromatic heterocycles. The van der Waals surface area contributed by atoms with Gasteiger partial charge in [0.05, 0.1) is 6.10 Å². The summed E-state index contributed by atoms with van der Waals surface area (Å²) < 4.78 is 5.24. The number of ether oxygens (including phenoxy) is 1. The third-order valence-corrected chi connectivity index (χ3v) is 6.66. The fraction of sp³-hybridized carbons (Fsp3) is 0.406. The largest absolute Gasteiger partial charge is 0.445 e. The van der Waals surface area contributed by atoms with Crippen molar-refractivity contribution in [2.24, 2.45) is 0 Å². The summed E-state index contributed by atoms with van der Waals surface area (Å²) >= 11 is 0. The summed E-state index contributed by atoms with van der Waals surface area (Å²) in [6.07, 6.45) is 5.31. The first-order chi connectivity index (χ1) is 18.0. The third kappa shape index (κ3) is 10.8. The van der Waals surface area contributed by atoms with E-state index in [1.54, 1.807) is 0 Å². The maximum absolute atomic E-state index is 11.8. The molecule has 0 bridgehead atoms. The average molecular weight is 503 g/mol. The molecule has 0 heterocycles. The van der Waals surface area contributed by atoms with Crippen LogP contribution in [0.1, 0.15) is 67.9 Å². The standard InChI is InChI=1S/C32H42N2O3/c1-25(34-26(2)31(35)30-17-7-4-8-18-30)12-11-16-28-21-19-27(20-22-28)13-9-10-23-33-32(36)37-24-29-14-5-3-6-15-29/h3-8,14-15,17-22,25-26,31,34-35H,9-13,16,23-24H2,1-2H3,(H,33,36)/t25-,26?,31?/m1/s1. The molecule has 198 valence electrons. The monoisotopic (exact) mass is 502 g/mol. The average Bonchev–Trinajstić information content (AvgIpc) is 2.93. The fourth-order valence-corrected chi connectivity index (χ4v) is 4.47. The van der Waals surface area contributed by atoms with Crippen molar-refractivity contribution >= 4 is 6.09 Å². The lowest BCUT2D eigenvalue weighted by Crippen LogP contribution is -2.38. The van der Waals surface area contributed by atoms with Gasteiger partial charge in [-0.1, -0.05) is 84.9 Å². The molecule has 3 N–H and O–H groups in total. The number of carbonyl (C=O) groups excluding carboxylic acids is 1. The smallest absolute Gasteiger partial charge is 0.407 e. The number of aliphatic hydroxyl groups excluding tert-OH is 1. The molecule has 5 heteroatoms. The van der Waals surface area contributed by atoms with Crippen LogP contribution in [0.4, 0.5) is 4.79 Å². The maximum Gasteiger partial charge on any atom is 0.407 e. The van der Waals surface area contributed by atoms with E-state index in [2.05, 4.69) is 41.8 Å². The Morgan fingerprint density at radius 2 is 1.38 bits per heavy atom. The minimum Gasteiger partial charge on any atom is -0.445 e. The third-order valence-electron chi connectivity index (χ3n) is 6.66. The van der Waals surface area contributed by atoms with Crippen molar-refractivity contribution in [3.8, 4) is 0 Å². The first kappa shape index (κ1) is 28.4. The van der Waals surface area contributed by atoms with E-state index in [1.165, 1.54) is 11.1 Å². The minimum absolute atomic E-state index is 0.00631. The molecule has 0 radical (unpaired) electrons. The Labute approximate surface area is 222 Å². The summed E-state index contributed by atoms with van der Waals surface area (Å²) in [6.45, 7) is 5.15. The molecule has 3 aromatic rings. The number of amides is 1. The fourth-order valence-electron chi connectivity index (χ4n) is 4.47. The van der Waals surface area contributed by atoms with Crippen LogP contribution in [-0.4, -0.2) is 29.8 Å². The normalized spacial score (nSPS) is 13.5. The van der Waals surface area contributed by atoms with Crippen molar-refractivity contribution in [3.05, 3.63) is 107 Å². The number of aryl methyl sites for hydroxylation is 2. The second-order valence-electron chi connectivity index (χ2n) is 9.87. The second-order valence-corrected chi connectivity index (χ2v) is 9.87. The van der Waals surface area contributed by atoms with E-state index in [4.69, 9.17) is 4.74 Å². The Hall–Kier alpha value is -3.15. The lowest BCUT2D eigenvalue weighted by Gasteiger charge is -2.24. The van der Waals surface area contributed by atoms with Gasteiger partial charge in [-0.3, -0.25) is 0 Å². The number of aliphatic hydroxyl groups is 1. The van der Waals surface area contributed by atoms with Crippen molar-refractivity contribution in [1.82, 2.24) is 10.6 Å². The van der Waals surface area contributed by atoms with Crippen LogP contribution in [0.2, 0.25) is 0 Å². The first-order valence-electron chi connectivity index (χ1n) is 13.5. The Morgan fingerprint density at radius 1 is 0.784 bits per heavy atom. The summed E-state index contributed by atoms with van der Waals surface area (Å²) in [5.41, 5.74) is 4.62. The van der Waals surface area contributed by atoms with E-state index in [1.807, 2.05) is 67.6 Å². The molecule has 0 aliphatic carbocycles. The lowest BCUT2D eigenvalue weighted by atomic mass is 10.0. The number of alkyl carbamates (subject to hydrolysis) is 1. The number of hydrogen-bond donors (Lipinski definition) is 3. The van der Waals surface area contributed by atoms with Crippen molar-refractivity contribution < 1.29 is 14.6 Å². The van der Waals surface area contributed by atoms with Crippen LogP contribution in [0, 0.1) is 0 Å². The van der Waals surface area contributed by atoms with Crippen LogP contribution in [0.3, 0.4) is 0 Å². The molecule has 0 aliphatic heterocycles. The number of benzene rings is 3. The van der Waals surface area contributed by atoms with E-state index in [0.717, 1.165) is 49.7 Å². The van der Waals surface area contributed by atoms with Crippen LogP contribution in [-0.2, 0) is 24.2 Å². The number of nitrogens with one attached hydrogen (secondary N) is 2. The molecule has 3 atom stereocenters. The van der Waals surface area contributed by atoms with Gasteiger partial charge in [0.15, 0.2) is 0 Å². The van der Waals surface area contributed by atoms with Crippen LogP contribution in [0.15, 0.2) is 84.9 Å². The zero-order valence-corrected chi connectivity index (χ0v) is 22.2. The van der Waals surface area contributed by atoms with Gasteiger partial charge in [0, 0.05) is 18.6 Å².